The quantitative estimate of drug-likeness (QED) is 0.797. The van der Waals surface area contributed by atoms with Crippen LogP contribution in [0.2, 0.25) is 0 Å². The lowest BCUT2D eigenvalue weighted by molar-refractivity contribution is -0.146. The summed E-state index contributed by atoms with van der Waals surface area (Å²) < 4.78 is 26.1. The summed E-state index contributed by atoms with van der Waals surface area (Å²) in [4.78, 5) is 27.7. The van der Waals surface area contributed by atoms with Crippen LogP contribution in [0.15, 0.2) is 18.2 Å². The average Bonchev–Trinajstić information content (AvgIpc) is 2.43. The van der Waals surface area contributed by atoms with Crippen molar-refractivity contribution in [3.05, 3.63) is 35.4 Å². The highest BCUT2D eigenvalue weighted by molar-refractivity contribution is 5.98. The molecule has 0 atom stereocenters. The van der Waals surface area contributed by atoms with Gasteiger partial charge in [0.05, 0.1) is 12.1 Å². The van der Waals surface area contributed by atoms with Crippen molar-refractivity contribution >= 4 is 11.7 Å². The Morgan fingerprint density at radius 3 is 2.52 bits per heavy atom. The highest BCUT2D eigenvalue weighted by Gasteiger charge is 2.41. The number of piperazine rings is 1. The highest BCUT2D eigenvalue weighted by Crippen LogP contribution is 2.22. The zero-order valence-electron chi connectivity index (χ0n) is 12.3. The number of carbonyl (C=O) groups excluding carboxylic acids is 2. The summed E-state index contributed by atoms with van der Waals surface area (Å²) in [5, 5.41) is 0. The lowest BCUT2D eigenvalue weighted by Gasteiger charge is -2.44. The van der Waals surface area contributed by atoms with Crippen LogP contribution in [0.1, 0.15) is 24.2 Å². The van der Waals surface area contributed by atoms with Crippen molar-refractivity contribution < 1.29 is 18.4 Å². The van der Waals surface area contributed by atoms with E-state index in [0.29, 0.717) is 13.1 Å². The monoisotopic (exact) mass is 296 g/mol. The molecule has 21 heavy (non-hydrogen) atoms. The Bertz CT molecular complexity index is 587. The van der Waals surface area contributed by atoms with Gasteiger partial charge < -0.3 is 4.90 Å². The van der Waals surface area contributed by atoms with Crippen LogP contribution in [0.3, 0.4) is 0 Å². The van der Waals surface area contributed by atoms with Crippen molar-refractivity contribution in [1.29, 1.82) is 0 Å². The van der Waals surface area contributed by atoms with E-state index in [2.05, 4.69) is 0 Å². The standard InChI is InChI=1S/C15H18F2N2O2/c1-15(2)14(21)18(3)6-7-19(15)9-13(20)10-4-5-11(16)12(17)8-10/h4-5,8H,6-7,9H2,1-3H3. The third-order valence-electron chi connectivity index (χ3n) is 3.94. The Hall–Kier alpha value is -1.82. The molecular formula is C15H18F2N2O2. The van der Waals surface area contributed by atoms with E-state index >= 15 is 0 Å². The predicted molar refractivity (Wildman–Crippen MR) is 74.0 cm³/mol. The molecule has 0 N–H and O–H groups in total. The van der Waals surface area contributed by atoms with Crippen LogP contribution in [0.4, 0.5) is 8.78 Å². The van der Waals surface area contributed by atoms with Gasteiger partial charge in [-0.2, -0.15) is 0 Å². The van der Waals surface area contributed by atoms with Crippen molar-refractivity contribution in [2.24, 2.45) is 0 Å². The van der Waals surface area contributed by atoms with Gasteiger partial charge in [-0.3, -0.25) is 14.5 Å². The molecule has 0 unspecified atom stereocenters. The van der Waals surface area contributed by atoms with Crippen molar-refractivity contribution in [1.82, 2.24) is 9.80 Å². The van der Waals surface area contributed by atoms with Crippen molar-refractivity contribution in [2.75, 3.05) is 26.7 Å². The van der Waals surface area contributed by atoms with Gasteiger partial charge in [-0.15, -0.1) is 0 Å². The summed E-state index contributed by atoms with van der Waals surface area (Å²) in [5.74, 6) is -2.43. The van der Waals surface area contributed by atoms with E-state index in [4.69, 9.17) is 0 Å². The Morgan fingerprint density at radius 1 is 1.24 bits per heavy atom. The number of ketones is 1. The van der Waals surface area contributed by atoms with Crippen LogP contribution < -0.4 is 0 Å². The molecule has 1 amide bonds. The average molecular weight is 296 g/mol. The van der Waals surface area contributed by atoms with Gasteiger partial charge >= 0.3 is 0 Å². The number of hydrogen-bond acceptors (Lipinski definition) is 3. The van der Waals surface area contributed by atoms with Gasteiger partial charge in [-0.1, -0.05) is 0 Å². The molecule has 0 aromatic heterocycles. The van der Waals surface area contributed by atoms with Crippen molar-refractivity contribution in [3.8, 4) is 0 Å². The fraction of sp³-hybridized carbons (Fsp3) is 0.467. The molecule has 1 saturated heterocycles. The molecule has 1 aliphatic rings. The van der Waals surface area contributed by atoms with Gasteiger partial charge in [-0.05, 0) is 32.0 Å². The normalized spacial score (nSPS) is 18.9. The maximum absolute atomic E-state index is 13.2. The molecule has 114 valence electrons. The van der Waals surface area contributed by atoms with Crippen LogP contribution in [0, 0.1) is 11.6 Å². The fourth-order valence-corrected chi connectivity index (χ4v) is 2.47. The largest absolute Gasteiger partial charge is 0.343 e. The van der Waals surface area contributed by atoms with Crippen molar-refractivity contribution in [2.45, 2.75) is 19.4 Å². The number of likely N-dealkylation sites (N-methyl/N-ethyl adjacent to an activating group) is 1. The molecule has 2 rings (SSSR count). The van der Waals surface area contributed by atoms with Gasteiger partial charge in [0.15, 0.2) is 17.4 Å². The topological polar surface area (TPSA) is 40.6 Å². The highest BCUT2D eigenvalue weighted by atomic mass is 19.2. The molecule has 1 fully saturated rings. The second-order valence-corrected chi connectivity index (χ2v) is 5.76. The molecule has 0 spiro atoms. The zero-order valence-corrected chi connectivity index (χ0v) is 12.3. The van der Waals surface area contributed by atoms with Gasteiger partial charge in [-0.25, -0.2) is 8.78 Å². The summed E-state index contributed by atoms with van der Waals surface area (Å²) in [5.41, 5.74) is -0.683. The molecule has 0 aliphatic carbocycles. The molecule has 0 radical (unpaired) electrons. The van der Waals surface area contributed by atoms with Crippen LogP contribution in [-0.4, -0.2) is 53.7 Å². The summed E-state index contributed by atoms with van der Waals surface area (Å²) in [6, 6.07) is 3.08. The van der Waals surface area contributed by atoms with E-state index in [-0.39, 0.29) is 23.8 Å². The van der Waals surface area contributed by atoms with E-state index in [1.54, 1.807) is 30.7 Å². The number of halogens is 2. The summed E-state index contributed by atoms with van der Waals surface area (Å²) in [6.45, 7) is 4.60. The second kappa shape index (κ2) is 5.52. The minimum Gasteiger partial charge on any atom is -0.343 e. The number of amides is 1. The lowest BCUT2D eigenvalue weighted by Crippen LogP contribution is -2.62. The second-order valence-electron chi connectivity index (χ2n) is 5.76. The Labute approximate surface area is 122 Å². The molecule has 1 heterocycles. The molecule has 1 aromatic rings. The Morgan fingerprint density at radius 2 is 1.90 bits per heavy atom. The first kappa shape index (κ1) is 15.6. The van der Waals surface area contributed by atoms with E-state index in [1.165, 1.54) is 6.07 Å². The van der Waals surface area contributed by atoms with Gasteiger partial charge in [0, 0.05) is 25.7 Å². The maximum Gasteiger partial charge on any atom is 0.242 e. The lowest BCUT2D eigenvalue weighted by atomic mass is 9.96. The zero-order chi connectivity index (χ0) is 15.8. The molecule has 0 bridgehead atoms. The first-order valence-corrected chi connectivity index (χ1v) is 6.72. The first-order chi connectivity index (χ1) is 9.73. The number of hydrogen-bond donors (Lipinski definition) is 0. The molecule has 1 aliphatic heterocycles. The first-order valence-electron chi connectivity index (χ1n) is 6.72. The maximum atomic E-state index is 13.2. The van der Waals surface area contributed by atoms with Crippen LogP contribution in [-0.2, 0) is 4.79 Å². The fourth-order valence-electron chi connectivity index (χ4n) is 2.47. The van der Waals surface area contributed by atoms with E-state index < -0.39 is 17.2 Å². The number of nitrogens with zero attached hydrogens (tertiary/aromatic N) is 2. The summed E-state index contributed by atoms with van der Waals surface area (Å²) in [7, 11) is 1.72. The Kier molecular flexibility index (Phi) is 4.09. The van der Waals surface area contributed by atoms with Gasteiger partial charge in [0.25, 0.3) is 0 Å². The molecule has 0 saturated carbocycles. The number of carbonyl (C=O) groups is 2. The molecule has 6 heteroatoms. The number of benzene rings is 1. The predicted octanol–water partition coefficient (Wildman–Crippen LogP) is 1.70. The van der Waals surface area contributed by atoms with Crippen LogP contribution in [0.25, 0.3) is 0 Å². The van der Waals surface area contributed by atoms with Gasteiger partial charge in [0.1, 0.15) is 0 Å². The SMILES string of the molecule is CN1CCN(CC(=O)c2ccc(F)c(F)c2)C(C)(C)C1=O. The van der Waals surface area contributed by atoms with Crippen LogP contribution >= 0.6 is 0 Å². The Balaban J connectivity index is 2.15. The van der Waals surface area contributed by atoms with Gasteiger partial charge in [0.2, 0.25) is 5.91 Å². The smallest absolute Gasteiger partial charge is 0.242 e. The van der Waals surface area contributed by atoms with Crippen LogP contribution in [0.5, 0.6) is 0 Å². The molecular weight excluding hydrogens is 278 g/mol. The number of Topliss-reactive ketones (excluding diaryl/α,β-unsaturated/α-hetero) is 1. The molecule has 1 aromatic carbocycles. The third-order valence-corrected chi connectivity index (χ3v) is 3.94. The molecule has 4 nitrogen and oxygen atoms in total. The minimum absolute atomic E-state index is 0.00233. The van der Waals surface area contributed by atoms with Crippen molar-refractivity contribution in [3.63, 3.8) is 0 Å². The summed E-state index contributed by atoms with van der Waals surface area (Å²) in [6.07, 6.45) is 0. The van der Waals surface area contributed by atoms with E-state index in [1.807, 2.05) is 0 Å². The van der Waals surface area contributed by atoms with E-state index in [0.717, 1.165) is 12.1 Å². The summed E-state index contributed by atoms with van der Waals surface area (Å²) >= 11 is 0. The number of rotatable bonds is 3. The minimum atomic E-state index is -1.05. The third kappa shape index (κ3) is 2.95. The van der Waals surface area contributed by atoms with E-state index in [9.17, 15) is 18.4 Å².